The van der Waals surface area contributed by atoms with E-state index >= 15 is 0 Å². The first-order chi connectivity index (χ1) is 11.6. The van der Waals surface area contributed by atoms with Crippen LogP contribution in [-0.2, 0) is 16.1 Å². The van der Waals surface area contributed by atoms with Gasteiger partial charge < -0.3 is 9.47 Å². The van der Waals surface area contributed by atoms with Crippen molar-refractivity contribution in [3.8, 4) is 11.5 Å². The highest BCUT2D eigenvalue weighted by atomic mass is 35.5. The van der Waals surface area contributed by atoms with Crippen LogP contribution in [0.25, 0.3) is 0 Å². The van der Waals surface area contributed by atoms with Gasteiger partial charge in [-0.1, -0.05) is 35.0 Å². The lowest BCUT2D eigenvalue weighted by molar-refractivity contribution is -0.725. The van der Waals surface area contributed by atoms with Gasteiger partial charge in [0.05, 0.1) is 13.5 Å². The van der Waals surface area contributed by atoms with Crippen LogP contribution in [0.2, 0.25) is 5.02 Å². The van der Waals surface area contributed by atoms with Crippen LogP contribution in [0, 0.1) is 0 Å². The van der Waals surface area contributed by atoms with E-state index in [0.717, 1.165) is 5.56 Å². The minimum Gasteiger partial charge on any atom is -0.497 e. The van der Waals surface area contributed by atoms with Crippen molar-refractivity contribution in [3.63, 3.8) is 0 Å². The predicted octanol–water partition coefficient (Wildman–Crippen LogP) is 0.866. The van der Waals surface area contributed by atoms with Gasteiger partial charge in [-0.05, 0) is 29.8 Å². The number of halogens is 1. The van der Waals surface area contributed by atoms with Crippen molar-refractivity contribution < 1.29 is 24.3 Å². The number of ether oxygens (including phenoxy) is 2. The summed E-state index contributed by atoms with van der Waals surface area (Å²) in [5, 5.41) is 3.06. The Balaban J connectivity index is 1.79. The Morgan fingerprint density at radius 2 is 1.88 bits per heavy atom. The van der Waals surface area contributed by atoms with E-state index in [0.29, 0.717) is 28.8 Å². The topological polar surface area (TPSA) is 84.8 Å². The molecule has 2 aromatic carbocycles. The Hall–Kier alpha value is -2.73. The minimum absolute atomic E-state index is 0.256. The van der Waals surface area contributed by atoms with Gasteiger partial charge in [0.25, 0.3) is 5.84 Å². The lowest BCUT2D eigenvalue weighted by Gasteiger charge is -2.05. The Morgan fingerprint density at radius 3 is 2.58 bits per heavy atom. The van der Waals surface area contributed by atoms with E-state index in [1.54, 1.807) is 43.5 Å². The number of benzene rings is 2. The number of methoxy groups -OCH3 is 1. The average Bonchev–Trinajstić information content (AvgIpc) is 2.60. The molecule has 2 aromatic rings. The molecular weight excluding hydrogens is 332 g/mol. The zero-order chi connectivity index (χ0) is 17.4. The Labute approximate surface area is 144 Å². The predicted molar refractivity (Wildman–Crippen MR) is 89.9 cm³/mol. The molecule has 0 fully saturated rings. The summed E-state index contributed by atoms with van der Waals surface area (Å²) in [6, 6.07) is 14.1. The van der Waals surface area contributed by atoms with Crippen molar-refractivity contribution in [2.75, 3.05) is 13.7 Å². The number of amidine groups is 1. The van der Waals surface area contributed by atoms with Gasteiger partial charge >= 0.3 is 5.97 Å². The Morgan fingerprint density at radius 1 is 1.17 bits per heavy atom. The second-order valence-corrected chi connectivity index (χ2v) is 5.31. The number of hydrogen-bond acceptors (Lipinski definition) is 4. The highest BCUT2D eigenvalue weighted by molar-refractivity contribution is 6.30. The first-order valence-electron chi connectivity index (χ1n) is 7.15. The van der Waals surface area contributed by atoms with Crippen LogP contribution in [0.5, 0.6) is 11.5 Å². The second kappa shape index (κ2) is 8.79. The molecule has 2 rings (SSSR count). The summed E-state index contributed by atoms with van der Waals surface area (Å²) in [5.74, 6) is 0.841. The fourth-order valence-corrected chi connectivity index (χ4v) is 1.97. The molecule has 24 heavy (non-hydrogen) atoms. The van der Waals surface area contributed by atoms with Gasteiger partial charge in [-0.3, -0.25) is 10.6 Å². The van der Waals surface area contributed by atoms with Crippen LogP contribution in [0.3, 0.4) is 0 Å². The Kier molecular flexibility index (Phi) is 6.45. The molecule has 0 aliphatic carbocycles. The summed E-state index contributed by atoms with van der Waals surface area (Å²) in [7, 11) is 1.55. The van der Waals surface area contributed by atoms with Crippen LogP contribution in [0.1, 0.15) is 5.56 Å². The molecule has 3 N–H and O–H groups in total. The van der Waals surface area contributed by atoms with Crippen molar-refractivity contribution >= 4 is 23.4 Å². The average molecular weight is 350 g/mol. The molecule has 0 aliphatic rings. The van der Waals surface area contributed by atoms with Gasteiger partial charge in [0.2, 0.25) is 0 Å². The standard InChI is InChI=1S/C17H17ClN2O4/c1-22-14-3-2-4-15(10-14)23-11-17(21)24-20-16(19)9-12-5-7-13(18)8-6-12/h2-8,10H,9,11H2,1H3,(H2,19,20)/p+1. The fraction of sp³-hybridized carbons (Fsp3) is 0.176. The third-order valence-electron chi connectivity index (χ3n) is 3.00. The number of carbonyl (C=O) groups excluding carboxylic acids is 1. The molecule has 0 unspecified atom stereocenters. The molecule has 0 bridgehead atoms. The molecule has 0 amide bonds. The van der Waals surface area contributed by atoms with E-state index in [1.807, 2.05) is 12.1 Å². The monoisotopic (exact) mass is 349 g/mol. The number of carbonyl (C=O) groups is 1. The molecule has 0 saturated heterocycles. The number of nitrogens with one attached hydrogen (secondary N) is 1. The van der Waals surface area contributed by atoms with Gasteiger partial charge in [-0.2, -0.15) is 0 Å². The van der Waals surface area contributed by atoms with Crippen LogP contribution >= 0.6 is 11.6 Å². The lowest BCUT2D eigenvalue weighted by Crippen LogP contribution is -2.76. The van der Waals surface area contributed by atoms with E-state index < -0.39 is 5.97 Å². The maximum atomic E-state index is 11.6. The first-order valence-corrected chi connectivity index (χ1v) is 7.53. The number of nitrogens with two attached hydrogens (primary N) is 1. The molecule has 6 nitrogen and oxygen atoms in total. The minimum atomic E-state index is -0.600. The molecule has 0 spiro atoms. The molecule has 0 heterocycles. The molecular formula is C17H18ClN2O4+. The van der Waals surface area contributed by atoms with Gasteiger partial charge in [0, 0.05) is 11.1 Å². The van der Waals surface area contributed by atoms with Crippen molar-refractivity contribution in [1.82, 2.24) is 0 Å². The third-order valence-corrected chi connectivity index (χ3v) is 3.25. The maximum Gasteiger partial charge on any atom is 0.394 e. The third kappa shape index (κ3) is 5.81. The van der Waals surface area contributed by atoms with Crippen molar-refractivity contribution in [2.45, 2.75) is 6.42 Å². The van der Waals surface area contributed by atoms with Gasteiger partial charge in [0.15, 0.2) is 6.61 Å². The van der Waals surface area contributed by atoms with E-state index in [4.69, 9.17) is 31.6 Å². The zero-order valence-corrected chi connectivity index (χ0v) is 13.9. The van der Waals surface area contributed by atoms with Gasteiger partial charge in [0.1, 0.15) is 11.5 Å². The van der Waals surface area contributed by atoms with Crippen LogP contribution in [0.15, 0.2) is 48.5 Å². The molecule has 0 saturated carbocycles. The summed E-state index contributed by atoms with van der Waals surface area (Å²) in [6.45, 7) is -0.256. The van der Waals surface area contributed by atoms with Crippen LogP contribution in [0.4, 0.5) is 0 Å². The number of rotatable bonds is 7. The van der Waals surface area contributed by atoms with Crippen molar-refractivity contribution in [3.05, 3.63) is 59.1 Å². The summed E-state index contributed by atoms with van der Waals surface area (Å²) in [6.07, 6.45) is 0.404. The lowest BCUT2D eigenvalue weighted by atomic mass is 10.1. The van der Waals surface area contributed by atoms with Gasteiger partial charge in [-0.25, -0.2) is 4.79 Å². The summed E-state index contributed by atoms with van der Waals surface area (Å²) >= 11 is 5.81. The second-order valence-electron chi connectivity index (χ2n) is 4.87. The van der Waals surface area contributed by atoms with E-state index in [1.165, 1.54) is 0 Å². The summed E-state index contributed by atoms with van der Waals surface area (Å²) in [5.41, 5.74) is 6.71. The Bertz CT molecular complexity index is 717. The van der Waals surface area contributed by atoms with Crippen molar-refractivity contribution in [1.29, 1.82) is 0 Å². The smallest absolute Gasteiger partial charge is 0.394 e. The highest BCUT2D eigenvalue weighted by Gasteiger charge is 2.08. The number of hydrogen-bond donors (Lipinski definition) is 2. The van der Waals surface area contributed by atoms with E-state index in [2.05, 4.69) is 5.16 Å². The first kappa shape index (κ1) is 17.6. The quantitative estimate of drug-likeness (QED) is 0.335. The molecule has 0 aromatic heterocycles. The zero-order valence-electron chi connectivity index (χ0n) is 13.1. The van der Waals surface area contributed by atoms with Crippen LogP contribution in [-0.4, -0.2) is 25.5 Å². The largest absolute Gasteiger partial charge is 0.497 e. The summed E-state index contributed by atoms with van der Waals surface area (Å²) in [4.78, 5) is 16.5. The highest BCUT2D eigenvalue weighted by Crippen LogP contribution is 2.18. The fourth-order valence-electron chi connectivity index (χ4n) is 1.84. The molecule has 126 valence electrons. The maximum absolute atomic E-state index is 11.6. The van der Waals surface area contributed by atoms with E-state index in [9.17, 15) is 4.79 Å². The SMILES string of the molecule is COc1cccc(OCC(=O)O[NH+]=C(N)Cc2ccc(Cl)cc2)c1. The molecule has 7 heteroatoms. The summed E-state index contributed by atoms with van der Waals surface area (Å²) < 4.78 is 10.4. The van der Waals surface area contributed by atoms with Crippen LogP contribution < -0.4 is 20.4 Å². The molecule has 0 aliphatic heterocycles. The van der Waals surface area contributed by atoms with Crippen molar-refractivity contribution in [2.24, 2.45) is 5.73 Å². The molecule has 0 atom stereocenters. The molecule has 0 radical (unpaired) electrons. The normalized spacial score (nSPS) is 11.0. The van der Waals surface area contributed by atoms with E-state index in [-0.39, 0.29) is 6.61 Å². The van der Waals surface area contributed by atoms with Gasteiger partial charge in [-0.15, -0.1) is 0 Å².